The maximum atomic E-state index is 5.43. The first kappa shape index (κ1) is 15.6. The van der Waals surface area contributed by atoms with Gasteiger partial charge in [0.15, 0.2) is 5.82 Å². The van der Waals surface area contributed by atoms with E-state index in [0.29, 0.717) is 31.5 Å². The zero-order valence-electron chi connectivity index (χ0n) is 11.8. The zero-order chi connectivity index (χ0) is 14.1. The van der Waals surface area contributed by atoms with Crippen molar-refractivity contribution < 1.29 is 9.47 Å². The van der Waals surface area contributed by atoms with Gasteiger partial charge >= 0.3 is 0 Å². The van der Waals surface area contributed by atoms with Gasteiger partial charge in [-0.05, 0) is 13.8 Å². The molecule has 0 amide bonds. The van der Waals surface area contributed by atoms with Gasteiger partial charge in [-0.25, -0.2) is 15.8 Å². The van der Waals surface area contributed by atoms with Gasteiger partial charge in [0, 0.05) is 32.9 Å². The molecule has 19 heavy (non-hydrogen) atoms. The Kier molecular flexibility index (Phi) is 7.09. The summed E-state index contributed by atoms with van der Waals surface area (Å²) in [4.78, 5) is 10.8. The number of methoxy groups -OCH3 is 1. The van der Waals surface area contributed by atoms with Gasteiger partial charge < -0.3 is 19.8 Å². The van der Waals surface area contributed by atoms with Crippen LogP contribution in [0.1, 0.15) is 19.7 Å². The highest BCUT2D eigenvalue weighted by molar-refractivity contribution is 5.48. The molecule has 0 fully saturated rings. The second kappa shape index (κ2) is 8.63. The van der Waals surface area contributed by atoms with Crippen molar-refractivity contribution in [2.24, 2.45) is 5.84 Å². The number of hydrogen-bond donors (Lipinski definition) is 2. The molecule has 0 aliphatic carbocycles. The van der Waals surface area contributed by atoms with E-state index in [1.165, 1.54) is 0 Å². The third-order valence-corrected chi connectivity index (χ3v) is 2.61. The van der Waals surface area contributed by atoms with Crippen molar-refractivity contribution in [1.29, 1.82) is 0 Å². The number of hydrazine groups is 1. The molecule has 0 aromatic carbocycles. The van der Waals surface area contributed by atoms with Crippen LogP contribution in [0.2, 0.25) is 0 Å². The maximum Gasteiger partial charge on any atom is 0.158 e. The number of nitrogens with two attached hydrogens (primary N) is 1. The Balaban J connectivity index is 2.89. The van der Waals surface area contributed by atoms with Crippen LogP contribution in [0, 0.1) is 0 Å². The van der Waals surface area contributed by atoms with E-state index in [2.05, 4.69) is 27.2 Å². The minimum absolute atomic E-state index is 0.376. The average molecular weight is 269 g/mol. The first-order valence-corrected chi connectivity index (χ1v) is 6.41. The summed E-state index contributed by atoms with van der Waals surface area (Å²) in [6.45, 7) is 7.24. The first-order valence-electron chi connectivity index (χ1n) is 6.41. The van der Waals surface area contributed by atoms with E-state index in [0.717, 1.165) is 18.9 Å². The number of rotatable bonds is 9. The molecule has 0 unspecified atom stereocenters. The Labute approximate surface area is 114 Å². The van der Waals surface area contributed by atoms with Crippen LogP contribution in [-0.2, 0) is 16.1 Å². The number of anilines is 2. The van der Waals surface area contributed by atoms with Crippen molar-refractivity contribution in [1.82, 2.24) is 9.97 Å². The second-order valence-corrected chi connectivity index (χ2v) is 3.88. The Bertz CT molecular complexity index is 375. The highest BCUT2D eigenvalue weighted by Crippen LogP contribution is 2.15. The van der Waals surface area contributed by atoms with Crippen LogP contribution in [0.5, 0.6) is 0 Å². The van der Waals surface area contributed by atoms with E-state index in [4.69, 9.17) is 15.3 Å². The Morgan fingerprint density at radius 2 is 2.16 bits per heavy atom. The van der Waals surface area contributed by atoms with Crippen LogP contribution in [0.3, 0.4) is 0 Å². The topological polar surface area (TPSA) is 85.5 Å². The Morgan fingerprint density at radius 1 is 1.37 bits per heavy atom. The first-order chi connectivity index (χ1) is 9.24. The van der Waals surface area contributed by atoms with Crippen molar-refractivity contribution in [2.75, 3.05) is 43.7 Å². The lowest BCUT2D eigenvalue weighted by atomic mass is 10.4. The van der Waals surface area contributed by atoms with Crippen LogP contribution in [0.4, 0.5) is 11.6 Å². The second-order valence-electron chi connectivity index (χ2n) is 3.88. The van der Waals surface area contributed by atoms with Gasteiger partial charge in [-0.1, -0.05) is 0 Å². The quantitative estimate of drug-likeness (QED) is 0.506. The monoisotopic (exact) mass is 269 g/mol. The third kappa shape index (κ3) is 4.98. The maximum absolute atomic E-state index is 5.43. The van der Waals surface area contributed by atoms with E-state index in [-0.39, 0.29) is 0 Å². The molecule has 1 aromatic rings. The minimum Gasteiger partial charge on any atom is -0.383 e. The SMILES string of the molecule is CCOCc1nc(NN)cc(N(CC)CCOC)n1. The van der Waals surface area contributed by atoms with Gasteiger partial charge in [-0.3, -0.25) is 0 Å². The molecule has 0 atom stereocenters. The van der Waals surface area contributed by atoms with Crippen LogP contribution < -0.4 is 16.2 Å². The lowest BCUT2D eigenvalue weighted by Crippen LogP contribution is -2.28. The summed E-state index contributed by atoms with van der Waals surface area (Å²) in [6.07, 6.45) is 0. The minimum atomic E-state index is 0.376. The molecule has 7 heteroatoms. The fourth-order valence-corrected chi connectivity index (χ4v) is 1.61. The van der Waals surface area contributed by atoms with E-state index in [1.54, 1.807) is 7.11 Å². The molecule has 0 aliphatic heterocycles. The summed E-state index contributed by atoms with van der Waals surface area (Å²) in [6, 6.07) is 1.81. The molecular weight excluding hydrogens is 246 g/mol. The van der Waals surface area contributed by atoms with E-state index >= 15 is 0 Å². The fourth-order valence-electron chi connectivity index (χ4n) is 1.61. The number of nitrogens with zero attached hydrogens (tertiary/aromatic N) is 3. The molecule has 3 N–H and O–H groups in total. The van der Waals surface area contributed by atoms with Crippen molar-refractivity contribution in [3.8, 4) is 0 Å². The van der Waals surface area contributed by atoms with Crippen LogP contribution in [0.15, 0.2) is 6.07 Å². The van der Waals surface area contributed by atoms with Crippen molar-refractivity contribution >= 4 is 11.6 Å². The number of nitrogen functional groups attached to an aromatic ring is 1. The zero-order valence-corrected chi connectivity index (χ0v) is 11.8. The molecule has 0 radical (unpaired) electrons. The number of nitrogens with one attached hydrogen (secondary N) is 1. The lowest BCUT2D eigenvalue weighted by Gasteiger charge is -2.22. The predicted octanol–water partition coefficient (Wildman–Crippen LogP) is 0.771. The smallest absolute Gasteiger partial charge is 0.158 e. The molecule has 1 aromatic heterocycles. The van der Waals surface area contributed by atoms with E-state index in [1.807, 2.05) is 13.0 Å². The van der Waals surface area contributed by atoms with Crippen LogP contribution in [-0.4, -0.2) is 43.4 Å². The highest BCUT2D eigenvalue weighted by atomic mass is 16.5. The van der Waals surface area contributed by atoms with Gasteiger partial charge in [0.25, 0.3) is 0 Å². The van der Waals surface area contributed by atoms with Gasteiger partial charge in [0.05, 0.1) is 6.61 Å². The summed E-state index contributed by atoms with van der Waals surface area (Å²) in [5, 5.41) is 0. The molecule has 108 valence electrons. The molecule has 0 aliphatic rings. The van der Waals surface area contributed by atoms with Crippen LogP contribution in [0.25, 0.3) is 0 Å². The fraction of sp³-hybridized carbons (Fsp3) is 0.667. The molecule has 0 saturated carbocycles. The molecule has 1 rings (SSSR count). The molecule has 0 saturated heterocycles. The normalized spacial score (nSPS) is 10.5. The number of hydrogen-bond acceptors (Lipinski definition) is 7. The largest absolute Gasteiger partial charge is 0.383 e. The van der Waals surface area contributed by atoms with Crippen LogP contribution >= 0.6 is 0 Å². The highest BCUT2D eigenvalue weighted by Gasteiger charge is 2.10. The Hall–Kier alpha value is -1.44. The van der Waals surface area contributed by atoms with Gasteiger partial charge in [0.1, 0.15) is 18.2 Å². The number of ether oxygens (including phenoxy) is 2. The summed E-state index contributed by atoms with van der Waals surface area (Å²) in [7, 11) is 1.68. The molecule has 0 spiro atoms. The summed E-state index contributed by atoms with van der Waals surface area (Å²) < 4.78 is 10.4. The molecule has 1 heterocycles. The van der Waals surface area contributed by atoms with Crippen molar-refractivity contribution in [3.05, 3.63) is 11.9 Å². The summed E-state index contributed by atoms with van der Waals surface area (Å²) >= 11 is 0. The van der Waals surface area contributed by atoms with Crippen molar-refractivity contribution in [2.45, 2.75) is 20.5 Å². The molecule has 0 bridgehead atoms. The van der Waals surface area contributed by atoms with E-state index in [9.17, 15) is 0 Å². The third-order valence-electron chi connectivity index (χ3n) is 2.61. The number of likely N-dealkylation sites (N-methyl/N-ethyl adjacent to an activating group) is 1. The van der Waals surface area contributed by atoms with Gasteiger partial charge in [-0.15, -0.1) is 0 Å². The molecular formula is C12H23N5O2. The lowest BCUT2D eigenvalue weighted by molar-refractivity contribution is 0.128. The van der Waals surface area contributed by atoms with Gasteiger partial charge in [-0.2, -0.15) is 0 Å². The number of aromatic nitrogens is 2. The Morgan fingerprint density at radius 3 is 2.74 bits per heavy atom. The predicted molar refractivity (Wildman–Crippen MR) is 74.9 cm³/mol. The summed E-state index contributed by atoms with van der Waals surface area (Å²) in [5.74, 6) is 7.44. The molecule has 7 nitrogen and oxygen atoms in total. The van der Waals surface area contributed by atoms with E-state index < -0.39 is 0 Å². The van der Waals surface area contributed by atoms with Gasteiger partial charge in [0.2, 0.25) is 0 Å². The standard InChI is InChI=1S/C12H23N5O2/c1-4-17(6-7-18-3)12-8-10(16-13)14-11(15-12)9-19-5-2/h8H,4-7,9,13H2,1-3H3,(H,14,15,16). The van der Waals surface area contributed by atoms with Crippen molar-refractivity contribution in [3.63, 3.8) is 0 Å². The average Bonchev–Trinajstić information content (AvgIpc) is 2.45. The summed E-state index contributed by atoms with van der Waals surface area (Å²) in [5.41, 5.74) is 2.55.